The van der Waals surface area contributed by atoms with E-state index in [0.29, 0.717) is 29.4 Å². The molecule has 1 aromatic carbocycles. The van der Waals surface area contributed by atoms with Crippen LogP contribution in [0.3, 0.4) is 0 Å². The second-order valence-electron chi connectivity index (χ2n) is 8.46. The van der Waals surface area contributed by atoms with Crippen LogP contribution in [0.15, 0.2) is 29.5 Å². The number of aliphatic hydroxyl groups is 1. The highest BCUT2D eigenvalue weighted by Gasteiger charge is 2.42. The van der Waals surface area contributed by atoms with Crippen molar-refractivity contribution in [3.63, 3.8) is 0 Å². The third-order valence-electron chi connectivity index (χ3n) is 4.78. The highest BCUT2D eigenvalue weighted by atomic mass is 35.5. The summed E-state index contributed by atoms with van der Waals surface area (Å²) >= 11 is 11.9. The maximum Gasteiger partial charge on any atom is 0.308 e. The number of aryl methyl sites for hydroxylation is 1. The summed E-state index contributed by atoms with van der Waals surface area (Å²) in [5, 5.41) is 13.9. The van der Waals surface area contributed by atoms with Gasteiger partial charge in [0.25, 0.3) is 11.8 Å². The lowest BCUT2D eigenvalue weighted by molar-refractivity contribution is -0.155. The van der Waals surface area contributed by atoms with E-state index in [4.69, 9.17) is 33.7 Å². The number of carbonyl (C=O) groups excluding carboxylic acids is 3. The van der Waals surface area contributed by atoms with Gasteiger partial charge in [-0.2, -0.15) is 0 Å². The number of hydrogen-bond donors (Lipinski definition) is 3. The molecule has 10 heteroatoms. The number of nitrogens with one attached hydrogen (secondary N) is 1. The van der Waals surface area contributed by atoms with Gasteiger partial charge in [-0.15, -0.1) is 0 Å². The lowest BCUT2D eigenvalue weighted by Gasteiger charge is -2.26. The van der Waals surface area contributed by atoms with Crippen molar-refractivity contribution >= 4 is 41.0 Å². The number of nitrogens with two attached hydrogens (primary N) is 1. The van der Waals surface area contributed by atoms with E-state index in [0.717, 1.165) is 5.56 Å². The lowest BCUT2D eigenvalue weighted by Crippen LogP contribution is -2.44. The number of hydrogen-bond acceptors (Lipinski definition) is 6. The zero-order valence-corrected chi connectivity index (χ0v) is 19.9. The molecule has 1 unspecified atom stereocenters. The number of halogens is 2. The Bertz CT molecular complexity index is 911. The molecule has 0 radical (unpaired) electrons. The minimum atomic E-state index is -0.819. The van der Waals surface area contributed by atoms with Gasteiger partial charge in [0.05, 0.1) is 28.1 Å². The average molecular weight is 486 g/mol. The summed E-state index contributed by atoms with van der Waals surface area (Å²) in [5.41, 5.74) is 6.02. The van der Waals surface area contributed by atoms with Crippen molar-refractivity contribution in [2.24, 2.45) is 5.73 Å². The summed E-state index contributed by atoms with van der Waals surface area (Å²) in [6.45, 7) is 5.45. The molecule has 0 saturated carbocycles. The van der Waals surface area contributed by atoms with Crippen LogP contribution in [0.1, 0.15) is 39.2 Å². The molecule has 32 heavy (non-hydrogen) atoms. The van der Waals surface area contributed by atoms with Gasteiger partial charge in [0.2, 0.25) is 0 Å². The van der Waals surface area contributed by atoms with Crippen molar-refractivity contribution < 1.29 is 24.2 Å². The van der Waals surface area contributed by atoms with Crippen molar-refractivity contribution in [1.82, 2.24) is 10.2 Å². The Labute approximate surface area is 197 Å². The maximum absolute atomic E-state index is 12.7. The fraction of sp³-hybridized carbons (Fsp3) is 0.500. The molecule has 2 rings (SSSR count). The lowest BCUT2D eigenvalue weighted by atomic mass is 10.1. The van der Waals surface area contributed by atoms with Crippen LogP contribution in [0.5, 0.6) is 0 Å². The molecule has 176 valence electrons. The zero-order valence-electron chi connectivity index (χ0n) is 18.4. The van der Waals surface area contributed by atoms with Gasteiger partial charge in [0.1, 0.15) is 5.60 Å². The minimum absolute atomic E-state index is 0.0201. The first-order valence-corrected chi connectivity index (χ1v) is 11.1. The van der Waals surface area contributed by atoms with Gasteiger partial charge in [-0.1, -0.05) is 29.3 Å². The van der Waals surface area contributed by atoms with Gasteiger partial charge in [0, 0.05) is 19.6 Å². The highest BCUT2D eigenvalue weighted by Crippen LogP contribution is 2.25. The Morgan fingerprint density at radius 3 is 2.53 bits per heavy atom. The average Bonchev–Trinajstić information content (AvgIpc) is 2.94. The Morgan fingerprint density at radius 2 is 1.94 bits per heavy atom. The molecular weight excluding hydrogens is 457 g/mol. The van der Waals surface area contributed by atoms with Crippen LogP contribution < -0.4 is 11.1 Å². The van der Waals surface area contributed by atoms with Gasteiger partial charge < -0.3 is 25.8 Å². The van der Waals surface area contributed by atoms with Crippen molar-refractivity contribution in [3.8, 4) is 0 Å². The molecule has 1 aromatic rings. The number of nitrogens with zero attached hydrogens (tertiary/aromatic N) is 1. The van der Waals surface area contributed by atoms with Gasteiger partial charge in [-0.25, -0.2) is 0 Å². The maximum atomic E-state index is 12.7. The van der Waals surface area contributed by atoms with Crippen LogP contribution in [0.4, 0.5) is 0 Å². The molecule has 0 fully saturated rings. The summed E-state index contributed by atoms with van der Waals surface area (Å²) in [5.74, 6) is -2.43. The van der Waals surface area contributed by atoms with Crippen LogP contribution in [-0.4, -0.2) is 59.1 Å². The number of benzene rings is 1. The third kappa shape index (κ3) is 6.85. The summed E-state index contributed by atoms with van der Waals surface area (Å²) in [4.78, 5) is 38.3. The molecule has 0 aromatic heterocycles. The molecule has 1 heterocycles. The fourth-order valence-electron chi connectivity index (χ4n) is 3.36. The third-order valence-corrected chi connectivity index (χ3v) is 5.52. The molecule has 1 aliphatic rings. The summed E-state index contributed by atoms with van der Waals surface area (Å²) in [6, 6.07) is 4.51. The molecule has 1 atom stereocenters. The van der Waals surface area contributed by atoms with E-state index in [2.05, 4.69) is 5.32 Å². The Morgan fingerprint density at radius 1 is 1.25 bits per heavy atom. The Kier molecular flexibility index (Phi) is 8.95. The highest BCUT2D eigenvalue weighted by molar-refractivity contribution is 6.42. The Hall–Kier alpha value is -2.29. The van der Waals surface area contributed by atoms with E-state index in [9.17, 15) is 19.5 Å². The quantitative estimate of drug-likeness (QED) is 0.365. The second-order valence-corrected chi connectivity index (χ2v) is 9.27. The molecule has 4 N–H and O–H groups in total. The van der Waals surface area contributed by atoms with Crippen molar-refractivity contribution in [2.75, 3.05) is 19.6 Å². The van der Waals surface area contributed by atoms with Gasteiger partial charge in [0.15, 0.2) is 5.76 Å². The normalized spacial score (nSPS) is 16.5. The molecule has 1 aliphatic heterocycles. The first-order valence-electron chi connectivity index (χ1n) is 10.3. The molecule has 0 spiro atoms. The number of amides is 2. The van der Waals surface area contributed by atoms with Crippen molar-refractivity contribution in [3.05, 3.63) is 45.1 Å². The van der Waals surface area contributed by atoms with E-state index >= 15 is 0 Å². The zero-order chi connectivity index (χ0) is 24.1. The van der Waals surface area contributed by atoms with Crippen molar-refractivity contribution in [2.45, 2.75) is 51.7 Å². The standard InChI is InChI=1S/C22H29Cl2N3O5/c1-22(2,3)32-17(28)8-10-27-16(12-25)18(19(29)21(27)31)20(30)26-9-4-5-13-6-7-14(23)15(24)11-13/h6-7,11,16,29H,4-5,8-10,12,25H2,1-3H3,(H,26,30). The van der Waals surface area contributed by atoms with Crippen molar-refractivity contribution in [1.29, 1.82) is 0 Å². The number of rotatable bonds is 9. The molecule has 0 bridgehead atoms. The van der Waals surface area contributed by atoms with Gasteiger partial charge in [-0.05, 0) is 51.3 Å². The van der Waals surface area contributed by atoms with Crippen LogP contribution >= 0.6 is 23.2 Å². The van der Waals surface area contributed by atoms with E-state index < -0.39 is 35.2 Å². The first-order chi connectivity index (χ1) is 14.9. The monoisotopic (exact) mass is 485 g/mol. The smallest absolute Gasteiger partial charge is 0.308 e. The predicted molar refractivity (Wildman–Crippen MR) is 122 cm³/mol. The topological polar surface area (TPSA) is 122 Å². The van der Waals surface area contributed by atoms with E-state index in [1.54, 1.807) is 32.9 Å². The number of ether oxygens (including phenoxy) is 1. The van der Waals surface area contributed by atoms with Crippen LogP contribution in [0, 0.1) is 0 Å². The second kappa shape index (κ2) is 11.0. The van der Waals surface area contributed by atoms with Crippen LogP contribution in [0.25, 0.3) is 0 Å². The molecule has 2 amide bonds. The van der Waals surface area contributed by atoms with E-state index in [-0.39, 0.29) is 25.1 Å². The number of carbonyl (C=O) groups is 3. The summed E-state index contributed by atoms with van der Waals surface area (Å²) in [6.07, 6.45) is 1.19. The number of esters is 1. The molecule has 8 nitrogen and oxygen atoms in total. The Balaban J connectivity index is 1.92. The number of aliphatic hydroxyl groups excluding tert-OH is 1. The summed E-state index contributed by atoms with van der Waals surface area (Å²) < 4.78 is 5.24. The largest absolute Gasteiger partial charge is 0.503 e. The van der Waals surface area contributed by atoms with E-state index in [1.165, 1.54) is 4.90 Å². The first kappa shape index (κ1) is 26.0. The fourth-order valence-corrected chi connectivity index (χ4v) is 3.68. The SMILES string of the molecule is CC(C)(C)OC(=O)CCN1C(=O)C(O)=C(C(=O)NCCCc2ccc(Cl)c(Cl)c2)C1CN. The van der Waals surface area contributed by atoms with E-state index in [1.807, 2.05) is 6.07 Å². The molecule has 0 aliphatic carbocycles. The predicted octanol–water partition coefficient (Wildman–Crippen LogP) is 2.76. The van der Waals surface area contributed by atoms with Crippen LogP contribution in [-0.2, 0) is 25.5 Å². The van der Waals surface area contributed by atoms with Gasteiger partial charge in [-0.3, -0.25) is 14.4 Å². The van der Waals surface area contributed by atoms with Gasteiger partial charge >= 0.3 is 5.97 Å². The summed E-state index contributed by atoms with van der Waals surface area (Å²) in [7, 11) is 0. The molecule has 0 saturated heterocycles. The molecular formula is C22H29Cl2N3O5. The minimum Gasteiger partial charge on any atom is -0.503 e. The van der Waals surface area contributed by atoms with Crippen LogP contribution in [0.2, 0.25) is 10.0 Å².